The van der Waals surface area contributed by atoms with Gasteiger partial charge < -0.3 is 10.6 Å². The van der Waals surface area contributed by atoms with Crippen molar-refractivity contribution in [2.24, 2.45) is 16.6 Å². The number of nitrogens with zero attached hydrogens (tertiary/aromatic N) is 2. The fourth-order valence-electron chi connectivity index (χ4n) is 2.47. The van der Waals surface area contributed by atoms with Crippen molar-refractivity contribution >= 4 is 5.96 Å². The summed E-state index contributed by atoms with van der Waals surface area (Å²) in [6.07, 6.45) is -4.61. The van der Waals surface area contributed by atoms with Gasteiger partial charge in [0, 0.05) is 6.54 Å². The summed E-state index contributed by atoms with van der Waals surface area (Å²) in [4.78, 5) is 5.68. The molecule has 2 N–H and O–H groups in total. The normalized spacial score (nSPS) is 19.3. The molecule has 116 valence electrons. The van der Waals surface area contributed by atoms with Crippen LogP contribution in [0.1, 0.15) is 31.0 Å². The van der Waals surface area contributed by atoms with E-state index in [9.17, 15) is 17.6 Å². The van der Waals surface area contributed by atoms with Crippen LogP contribution < -0.4 is 5.73 Å². The third-order valence-electron chi connectivity index (χ3n) is 3.34. The van der Waals surface area contributed by atoms with Crippen LogP contribution in [0.2, 0.25) is 0 Å². The van der Waals surface area contributed by atoms with E-state index in [4.69, 9.17) is 5.73 Å². The molecular formula is C14H17F4N3. The molecule has 0 aromatic heterocycles. The Balaban J connectivity index is 2.42. The van der Waals surface area contributed by atoms with Crippen LogP contribution in [0.5, 0.6) is 0 Å². The summed E-state index contributed by atoms with van der Waals surface area (Å²) in [5.74, 6) is -0.464. The molecule has 0 spiro atoms. The van der Waals surface area contributed by atoms with E-state index in [0.717, 1.165) is 6.07 Å². The first-order chi connectivity index (χ1) is 9.70. The highest BCUT2D eigenvalue weighted by molar-refractivity contribution is 5.80. The molecule has 1 aliphatic heterocycles. The van der Waals surface area contributed by atoms with Crippen molar-refractivity contribution in [2.75, 3.05) is 13.1 Å². The van der Waals surface area contributed by atoms with Crippen molar-refractivity contribution in [3.8, 4) is 0 Å². The second-order valence-corrected chi connectivity index (χ2v) is 5.49. The first kappa shape index (κ1) is 15.6. The summed E-state index contributed by atoms with van der Waals surface area (Å²) in [5, 5.41) is 0. The predicted molar refractivity (Wildman–Crippen MR) is 72.2 cm³/mol. The van der Waals surface area contributed by atoms with Gasteiger partial charge in [-0.1, -0.05) is 19.9 Å². The number of nitrogens with two attached hydrogens (primary N) is 1. The number of hydrogen-bond donors (Lipinski definition) is 1. The van der Waals surface area contributed by atoms with Crippen LogP contribution in [0.3, 0.4) is 0 Å². The molecule has 0 saturated carbocycles. The van der Waals surface area contributed by atoms with Crippen LogP contribution in [-0.4, -0.2) is 23.9 Å². The molecule has 0 amide bonds. The van der Waals surface area contributed by atoms with Gasteiger partial charge in [0.05, 0.1) is 18.2 Å². The van der Waals surface area contributed by atoms with Crippen LogP contribution in [0.25, 0.3) is 0 Å². The minimum atomic E-state index is -4.61. The molecule has 0 saturated heterocycles. The second-order valence-electron chi connectivity index (χ2n) is 5.49. The van der Waals surface area contributed by atoms with Gasteiger partial charge in [0.2, 0.25) is 0 Å². The average molecular weight is 303 g/mol. The smallest absolute Gasteiger partial charge is 0.370 e. The van der Waals surface area contributed by atoms with E-state index in [0.29, 0.717) is 12.6 Å². The fourth-order valence-corrected chi connectivity index (χ4v) is 2.47. The van der Waals surface area contributed by atoms with E-state index in [-0.39, 0.29) is 24.0 Å². The summed E-state index contributed by atoms with van der Waals surface area (Å²) in [6.45, 7) is 4.53. The van der Waals surface area contributed by atoms with E-state index in [2.05, 4.69) is 4.99 Å². The van der Waals surface area contributed by atoms with Crippen LogP contribution in [-0.2, 0) is 6.18 Å². The molecule has 1 heterocycles. The fraction of sp³-hybridized carbons (Fsp3) is 0.500. The van der Waals surface area contributed by atoms with Crippen molar-refractivity contribution in [3.63, 3.8) is 0 Å². The molecule has 0 radical (unpaired) electrons. The maximum absolute atomic E-state index is 13.2. The summed E-state index contributed by atoms with van der Waals surface area (Å²) in [6, 6.07) is 2.12. The number of guanidine groups is 1. The van der Waals surface area contributed by atoms with Crippen molar-refractivity contribution in [2.45, 2.75) is 26.1 Å². The summed E-state index contributed by atoms with van der Waals surface area (Å²) < 4.78 is 52.5. The third kappa shape index (κ3) is 3.28. The third-order valence-corrected chi connectivity index (χ3v) is 3.34. The van der Waals surface area contributed by atoms with Crippen LogP contribution >= 0.6 is 0 Å². The number of aliphatic imine (C=N–C) groups is 1. The molecule has 1 atom stereocenters. The Bertz CT molecular complexity index is 552. The zero-order valence-corrected chi connectivity index (χ0v) is 11.8. The molecule has 0 fully saturated rings. The van der Waals surface area contributed by atoms with E-state index in [1.54, 1.807) is 4.90 Å². The molecule has 1 unspecified atom stereocenters. The van der Waals surface area contributed by atoms with Crippen LogP contribution in [0, 0.1) is 11.7 Å². The SMILES string of the molecule is CC(C)CN1C(N)=NCC1c1ccc(F)cc1C(F)(F)F. The predicted octanol–water partition coefficient (Wildman–Crippen LogP) is 3.17. The Hall–Kier alpha value is -1.79. The van der Waals surface area contributed by atoms with Crippen molar-refractivity contribution in [3.05, 3.63) is 35.1 Å². The Morgan fingerprint density at radius 3 is 2.62 bits per heavy atom. The lowest BCUT2D eigenvalue weighted by molar-refractivity contribution is -0.138. The first-order valence-electron chi connectivity index (χ1n) is 6.63. The van der Waals surface area contributed by atoms with Gasteiger partial charge in [-0.2, -0.15) is 13.2 Å². The molecule has 0 bridgehead atoms. The van der Waals surface area contributed by atoms with Gasteiger partial charge in [-0.3, -0.25) is 4.99 Å². The van der Waals surface area contributed by atoms with Gasteiger partial charge >= 0.3 is 6.18 Å². The molecule has 1 aliphatic rings. The van der Waals surface area contributed by atoms with Gasteiger partial charge in [0.1, 0.15) is 5.82 Å². The monoisotopic (exact) mass is 303 g/mol. The van der Waals surface area contributed by atoms with Crippen molar-refractivity contribution < 1.29 is 17.6 Å². The van der Waals surface area contributed by atoms with E-state index < -0.39 is 23.6 Å². The number of alkyl halides is 3. The van der Waals surface area contributed by atoms with Gasteiger partial charge in [-0.15, -0.1) is 0 Å². The number of hydrogen-bond acceptors (Lipinski definition) is 3. The largest absolute Gasteiger partial charge is 0.416 e. The maximum atomic E-state index is 13.2. The van der Waals surface area contributed by atoms with Crippen molar-refractivity contribution in [1.29, 1.82) is 0 Å². The van der Waals surface area contributed by atoms with Gasteiger partial charge in [0.25, 0.3) is 0 Å². The molecule has 0 aliphatic carbocycles. The quantitative estimate of drug-likeness (QED) is 0.871. The summed E-state index contributed by atoms with van der Waals surface area (Å²) in [5.41, 5.74) is 4.81. The molecule has 3 nitrogen and oxygen atoms in total. The maximum Gasteiger partial charge on any atom is 0.416 e. The van der Waals surface area contributed by atoms with E-state index >= 15 is 0 Å². The highest BCUT2D eigenvalue weighted by atomic mass is 19.4. The topological polar surface area (TPSA) is 41.6 Å². The Morgan fingerprint density at radius 2 is 2.05 bits per heavy atom. The lowest BCUT2D eigenvalue weighted by atomic mass is 9.98. The Kier molecular flexibility index (Phi) is 4.11. The molecule has 1 aromatic rings. The average Bonchev–Trinajstić information content (AvgIpc) is 2.69. The minimum Gasteiger partial charge on any atom is -0.370 e. The molecular weight excluding hydrogens is 286 g/mol. The zero-order chi connectivity index (χ0) is 15.8. The van der Waals surface area contributed by atoms with Crippen LogP contribution in [0.4, 0.5) is 17.6 Å². The summed E-state index contributed by atoms with van der Waals surface area (Å²) in [7, 11) is 0. The number of benzene rings is 1. The molecule has 7 heteroatoms. The Labute approximate surface area is 120 Å². The highest BCUT2D eigenvalue weighted by Gasteiger charge is 2.38. The van der Waals surface area contributed by atoms with Crippen molar-refractivity contribution in [1.82, 2.24) is 4.90 Å². The van der Waals surface area contributed by atoms with Gasteiger partial charge in [-0.25, -0.2) is 4.39 Å². The number of rotatable bonds is 3. The first-order valence-corrected chi connectivity index (χ1v) is 6.63. The molecule has 2 rings (SSSR count). The van der Waals surface area contributed by atoms with E-state index in [1.165, 1.54) is 6.07 Å². The van der Waals surface area contributed by atoms with Crippen LogP contribution in [0.15, 0.2) is 23.2 Å². The molecule has 1 aromatic carbocycles. The zero-order valence-electron chi connectivity index (χ0n) is 11.8. The molecule has 21 heavy (non-hydrogen) atoms. The second kappa shape index (κ2) is 5.54. The summed E-state index contributed by atoms with van der Waals surface area (Å²) >= 11 is 0. The van der Waals surface area contributed by atoms with Gasteiger partial charge in [0.15, 0.2) is 5.96 Å². The lowest BCUT2D eigenvalue weighted by Crippen LogP contribution is -2.39. The standard InChI is InChI=1S/C14H17F4N3/c1-8(2)7-21-12(6-20-13(21)19)10-4-3-9(15)5-11(10)14(16,17)18/h3-5,8,12H,6-7H2,1-2H3,(H2,19,20). The highest BCUT2D eigenvalue weighted by Crippen LogP contribution is 2.38. The van der Waals surface area contributed by atoms with E-state index in [1.807, 2.05) is 13.8 Å². The number of halogens is 4. The minimum absolute atomic E-state index is 0.00810. The van der Waals surface area contributed by atoms with Gasteiger partial charge in [-0.05, 0) is 23.6 Å². The Morgan fingerprint density at radius 1 is 1.38 bits per heavy atom. The lowest BCUT2D eigenvalue weighted by Gasteiger charge is -2.29.